The van der Waals surface area contributed by atoms with Gasteiger partial charge in [-0.05, 0) is 84.4 Å². The maximum atomic E-state index is 13.5. The molecule has 1 aromatic carbocycles. The van der Waals surface area contributed by atoms with Crippen molar-refractivity contribution < 1.29 is 27.8 Å². The quantitative estimate of drug-likeness (QED) is 0.466. The van der Waals surface area contributed by atoms with Crippen LogP contribution in [0, 0.1) is 6.92 Å². The Morgan fingerprint density at radius 2 is 2.00 bits per heavy atom. The van der Waals surface area contributed by atoms with Gasteiger partial charge in [0.25, 0.3) is 0 Å². The van der Waals surface area contributed by atoms with E-state index in [1.54, 1.807) is 39.0 Å². The molecule has 0 spiro atoms. The van der Waals surface area contributed by atoms with E-state index >= 15 is 0 Å². The highest BCUT2D eigenvalue weighted by atomic mass is 32.2. The van der Waals surface area contributed by atoms with Crippen molar-refractivity contribution in [3.63, 3.8) is 0 Å². The summed E-state index contributed by atoms with van der Waals surface area (Å²) in [5.74, 6) is -0.225. The predicted molar refractivity (Wildman–Crippen MR) is 115 cm³/mol. The highest BCUT2D eigenvalue weighted by molar-refractivity contribution is 7.89. The predicted octanol–water partition coefficient (Wildman–Crippen LogP) is 3.42. The first-order valence-electron chi connectivity index (χ1n) is 10.6. The van der Waals surface area contributed by atoms with Crippen molar-refractivity contribution in [2.45, 2.75) is 89.4 Å². The van der Waals surface area contributed by atoms with Crippen LogP contribution in [0.2, 0.25) is 0 Å². The molecular weight excluding hydrogens is 406 g/mol. The van der Waals surface area contributed by atoms with Crippen LogP contribution in [0.5, 0.6) is 5.75 Å². The number of rotatable bonds is 9. The maximum absolute atomic E-state index is 13.5. The number of esters is 1. The number of unbranched alkanes of at least 4 members (excludes halogenated alkanes) is 1. The summed E-state index contributed by atoms with van der Waals surface area (Å²) in [5, 5.41) is 8.95. The molecule has 1 aliphatic rings. The average molecular weight is 442 g/mol. The number of nitrogens with zero attached hydrogens (tertiary/aromatic N) is 1. The van der Waals surface area contributed by atoms with Gasteiger partial charge in [0.2, 0.25) is 10.0 Å². The summed E-state index contributed by atoms with van der Waals surface area (Å²) in [5.41, 5.74) is 0.202. The van der Waals surface area contributed by atoms with Gasteiger partial charge in [-0.25, -0.2) is 8.42 Å². The summed E-state index contributed by atoms with van der Waals surface area (Å²) in [6.45, 7) is 9.45. The Bertz CT molecular complexity index is 831. The third-order valence-electron chi connectivity index (χ3n) is 4.92. The summed E-state index contributed by atoms with van der Waals surface area (Å²) < 4.78 is 39.7. The smallest absolute Gasteiger partial charge is 0.324 e. The van der Waals surface area contributed by atoms with Crippen molar-refractivity contribution in [2.75, 3.05) is 13.2 Å². The molecule has 8 heteroatoms. The number of aliphatic hydroxyl groups excluding tert-OH is 1. The van der Waals surface area contributed by atoms with E-state index < -0.39 is 27.6 Å². The Morgan fingerprint density at radius 1 is 1.30 bits per heavy atom. The highest BCUT2D eigenvalue weighted by Crippen LogP contribution is 2.34. The van der Waals surface area contributed by atoms with Crippen LogP contribution in [0.3, 0.4) is 0 Å². The molecule has 7 nitrogen and oxygen atoms in total. The van der Waals surface area contributed by atoms with Gasteiger partial charge in [-0.2, -0.15) is 4.31 Å². The average Bonchev–Trinajstić information content (AvgIpc) is 3.11. The van der Waals surface area contributed by atoms with Gasteiger partial charge in [0.15, 0.2) is 0 Å². The molecule has 2 rings (SSSR count). The Balaban J connectivity index is 2.29. The van der Waals surface area contributed by atoms with E-state index in [0.29, 0.717) is 31.4 Å². The molecule has 0 aromatic heterocycles. The van der Waals surface area contributed by atoms with Crippen molar-refractivity contribution in [1.29, 1.82) is 0 Å². The first kappa shape index (κ1) is 24.6. The second kappa shape index (κ2) is 10.1. The minimum atomic E-state index is -3.94. The molecule has 1 fully saturated rings. The maximum Gasteiger partial charge on any atom is 0.324 e. The van der Waals surface area contributed by atoms with Gasteiger partial charge in [0, 0.05) is 13.2 Å². The number of carbonyl (C=O) groups excluding carboxylic acids is 1. The van der Waals surface area contributed by atoms with Crippen LogP contribution in [0.15, 0.2) is 23.1 Å². The molecular formula is C22H35NO6S. The van der Waals surface area contributed by atoms with Gasteiger partial charge in [0.05, 0.1) is 6.10 Å². The number of hydrogen-bond donors (Lipinski definition) is 1. The lowest BCUT2D eigenvalue weighted by Crippen LogP contribution is -2.43. The number of benzene rings is 1. The molecule has 0 radical (unpaired) electrons. The normalized spacial score (nSPS) is 18.9. The number of aliphatic hydroxyl groups is 1. The van der Waals surface area contributed by atoms with Gasteiger partial charge >= 0.3 is 5.97 Å². The molecule has 0 amide bonds. The summed E-state index contributed by atoms with van der Waals surface area (Å²) in [6.07, 6.45) is 3.01. The van der Waals surface area contributed by atoms with Crippen LogP contribution >= 0.6 is 0 Å². The molecule has 0 aliphatic carbocycles. The topological polar surface area (TPSA) is 93.1 Å². The molecule has 30 heavy (non-hydrogen) atoms. The number of ether oxygens (including phenoxy) is 2. The van der Waals surface area contributed by atoms with E-state index in [1.807, 2.05) is 13.8 Å². The lowest BCUT2D eigenvalue weighted by molar-refractivity contribution is -0.158. The lowest BCUT2D eigenvalue weighted by atomic mass is 10.2. The summed E-state index contributed by atoms with van der Waals surface area (Å²) >= 11 is 0. The second-order valence-corrected chi connectivity index (χ2v) is 10.8. The molecule has 1 heterocycles. The molecule has 1 saturated heterocycles. The number of hydrogen-bond acceptors (Lipinski definition) is 6. The SMILES string of the molecule is Cc1ccc(S(=O)(=O)N2CCC[C@H]2C(=O)OC(C)(C)C)c(O[C@@H](C)CCCCO)c1. The Hall–Kier alpha value is -1.64. The van der Waals surface area contributed by atoms with E-state index in [9.17, 15) is 13.2 Å². The minimum Gasteiger partial charge on any atom is -0.489 e. The van der Waals surface area contributed by atoms with Crippen LogP contribution in [-0.4, -0.2) is 54.7 Å². The Morgan fingerprint density at radius 3 is 2.63 bits per heavy atom. The van der Waals surface area contributed by atoms with Gasteiger partial charge in [0.1, 0.15) is 22.3 Å². The fourth-order valence-corrected chi connectivity index (χ4v) is 5.25. The highest BCUT2D eigenvalue weighted by Gasteiger charge is 2.42. The van der Waals surface area contributed by atoms with E-state index in [2.05, 4.69) is 0 Å². The number of carbonyl (C=O) groups is 1. The van der Waals surface area contributed by atoms with Crippen LogP contribution in [0.25, 0.3) is 0 Å². The molecule has 0 bridgehead atoms. The van der Waals surface area contributed by atoms with Gasteiger partial charge < -0.3 is 14.6 Å². The molecule has 1 aliphatic heterocycles. The van der Waals surface area contributed by atoms with Crippen molar-refractivity contribution >= 4 is 16.0 Å². The number of aryl methyl sites for hydroxylation is 1. The first-order chi connectivity index (χ1) is 14.0. The standard InChI is InChI=1S/C22H35NO6S/c1-16-11-12-20(19(15-16)28-17(2)9-6-7-14-24)30(26,27)23-13-8-10-18(23)21(25)29-22(3,4)5/h11-12,15,17-18,24H,6-10,13-14H2,1-5H3/t17-,18-/m0/s1. The van der Waals surface area contributed by atoms with E-state index in [-0.39, 0.29) is 24.2 Å². The van der Waals surface area contributed by atoms with Crippen molar-refractivity contribution in [2.24, 2.45) is 0 Å². The zero-order valence-electron chi connectivity index (χ0n) is 18.7. The van der Waals surface area contributed by atoms with E-state index in [0.717, 1.165) is 12.0 Å². The second-order valence-electron chi connectivity index (χ2n) is 8.91. The van der Waals surface area contributed by atoms with Crippen molar-refractivity contribution in [3.8, 4) is 5.75 Å². The van der Waals surface area contributed by atoms with Gasteiger partial charge in [-0.15, -0.1) is 0 Å². The lowest BCUT2D eigenvalue weighted by Gasteiger charge is -2.28. The largest absolute Gasteiger partial charge is 0.489 e. The van der Waals surface area contributed by atoms with E-state index in [1.165, 1.54) is 4.31 Å². The monoisotopic (exact) mass is 441 g/mol. The third-order valence-corrected chi connectivity index (χ3v) is 6.86. The van der Waals surface area contributed by atoms with Crippen LogP contribution < -0.4 is 4.74 Å². The number of sulfonamides is 1. The third kappa shape index (κ3) is 6.43. The summed E-state index contributed by atoms with van der Waals surface area (Å²) in [7, 11) is -3.94. The molecule has 0 unspecified atom stereocenters. The first-order valence-corrected chi connectivity index (χ1v) is 12.0. The minimum absolute atomic E-state index is 0.0672. The van der Waals surface area contributed by atoms with Crippen LogP contribution in [0.1, 0.15) is 65.4 Å². The fraction of sp³-hybridized carbons (Fsp3) is 0.682. The van der Waals surface area contributed by atoms with Crippen LogP contribution in [0.4, 0.5) is 0 Å². The Kier molecular flexibility index (Phi) is 8.30. The summed E-state index contributed by atoms with van der Waals surface area (Å²) in [4.78, 5) is 12.7. The zero-order chi connectivity index (χ0) is 22.5. The molecule has 170 valence electrons. The zero-order valence-corrected chi connectivity index (χ0v) is 19.5. The van der Waals surface area contributed by atoms with E-state index in [4.69, 9.17) is 14.6 Å². The molecule has 1 N–H and O–H groups in total. The molecule has 0 saturated carbocycles. The summed E-state index contributed by atoms with van der Waals surface area (Å²) in [6, 6.07) is 4.17. The fourth-order valence-electron chi connectivity index (χ4n) is 3.50. The van der Waals surface area contributed by atoms with Crippen LogP contribution in [-0.2, 0) is 19.6 Å². The molecule has 1 aromatic rings. The van der Waals surface area contributed by atoms with Gasteiger partial charge in [-0.3, -0.25) is 4.79 Å². The molecule has 2 atom stereocenters. The van der Waals surface area contributed by atoms with Crippen molar-refractivity contribution in [3.05, 3.63) is 23.8 Å². The Labute approximate surface area is 180 Å². The van der Waals surface area contributed by atoms with Gasteiger partial charge in [-0.1, -0.05) is 6.07 Å². The van der Waals surface area contributed by atoms with Crippen molar-refractivity contribution in [1.82, 2.24) is 4.31 Å².